The van der Waals surface area contributed by atoms with Crippen molar-refractivity contribution in [1.29, 1.82) is 0 Å². The first kappa shape index (κ1) is 13.6. The van der Waals surface area contributed by atoms with Gasteiger partial charge in [-0.2, -0.15) is 0 Å². The van der Waals surface area contributed by atoms with E-state index < -0.39 is 0 Å². The second kappa shape index (κ2) is 7.01. The molecule has 0 aliphatic rings. The normalized spacial score (nSPS) is 12.2. The third kappa shape index (κ3) is 4.95. The Hall–Kier alpha value is -1.42. The minimum Gasteiger partial charge on any atom is -0.330 e. The first-order valence-electron chi connectivity index (χ1n) is 6.05. The van der Waals surface area contributed by atoms with Crippen molar-refractivity contribution in [1.82, 2.24) is 4.98 Å². The molecule has 0 spiro atoms. The van der Waals surface area contributed by atoms with E-state index in [9.17, 15) is 4.79 Å². The fraction of sp³-hybridized carbons (Fsp3) is 0.538. The lowest BCUT2D eigenvalue weighted by molar-refractivity contribution is -0.116. The quantitative estimate of drug-likeness (QED) is 0.793. The highest BCUT2D eigenvalue weighted by atomic mass is 16.1. The Morgan fingerprint density at radius 2 is 2.29 bits per heavy atom. The minimum atomic E-state index is 0.0238. The molecule has 0 saturated heterocycles. The number of hydrogen-bond acceptors (Lipinski definition) is 3. The zero-order valence-electron chi connectivity index (χ0n) is 10.6. The largest absolute Gasteiger partial charge is 0.330 e. The number of amides is 1. The summed E-state index contributed by atoms with van der Waals surface area (Å²) in [4.78, 5) is 15.8. The van der Waals surface area contributed by atoms with Gasteiger partial charge in [-0.3, -0.25) is 4.79 Å². The number of carbonyl (C=O) groups is 1. The van der Waals surface area contributed by atoms with Crippen molar-refractivity contribution in [3.05, 3.63) is 23.9 Å². The van der Waals surface area contributed by atoms with E-state index in [2.05, 4.69) is 17.2 Å². The first-order valence-corrected chi connectivity index (χ1v) is 6.05. The molecule has 0 saturated carbocycles. The molecule has 1 aromatic heterocycles. The van der Waals surface area contributed by atoms with Gasteiger partial charge in [-0.25, -0.2) is 4.98 Å². The minimum absolute atomic E-state index is 0.0238. The van der Waals surface area contributed by atoms with Gasteiger partial charge in [0.15, 0.2) is 0 Å². The van der Waals surface area contributed by atoms with Crippen molar-refractivity contribution in [3.8, 4) is 0 Å². The second-order valence-electron chi connectivity index (χ2n) is 4.44. The van der Waals surface area contributed by atoms with Crippen LogP contribution in [0.5, 0.6) is 0 Å². The van der Waals surface area contributed by atoms with Crippen molar-refractivity contribution < 1.29 is 4.79 Å². The summed E-state index contributed by atoms with van der Waals surface area (Å²) in [5.74, 6) is 1.18. The lowest BCUT2D eigenvalue weighted by Crippen LogP contribution is -2.15. The summed E-state index contributed by atoms with van der Waals surface area (Å²) in [5, 5.41) is 2.83. The number of carbonyl (C=O) groups excluding carboxylic acids is 1. The number of anilines is 1. The van der Waals surface area contributed by atoms with Crippen LogP contribution in [0.4, 0.5) is 5.82 Å². The van der Waals surface area contributed by atoms with Gasteiger partial charge >= 0.3 is 0 Å². The van der Waals surface area contributed by atoms with Crippen molar-refractivity contribution in [2.75, 3.05) is 11.9 Å². The summed E-state index contributed by atoms with van der Waals surface area (Å²) in [7, 11) is 0. The molecular formula is C13H21N3O. The summed E-state index contributed by atoms with van der Waals surface area (Å²) in [6, 6.07) is 3.79. The molecule has 0 fully saturated rings. The molecule has 0 bridgehead atoms. The number of nitrogens with zero attached hydrogens (tertiary/aromatic N) is 1. The third-order valence-corrected chi connectivity index (χ3v) is 2.79. The molecule has 4 heteroatoms. The van der Waals surface area contributed by atoms with Gasteiger partial charge in [0.25, 0.3) is 0 Å². The topological polar surface area (TPSA) is 68.0 Å². The van der Waals surface area contributed by atoms with Crippen LogP contribution >= 0.6 is 0 Å². The summed E-state index contributed by atoms with van der Waals surface area (Å²) < 4.78 is 0. The number of hydrogen-bond donors (Lipinski definition) is 2. The fourth-order valence-corrected chi connectivity index (χ4v) is 1.62. The Morgan fingerprint density at radius 1 is 1.53 bits per heavy atom. The average Bonchev–Trinajstić information content (AvgIpc) is 2.30. The lowest BCUT2D eigenvalue weighted by Gasteiger charge is -2.10. The van der Waals surface area contributed by atoms with E-state index >= 15 is 0 Å². The molecule has 1 unspecified atom stereocenters. The van der Waals surface area contributed by atoms with Crippen LogP contribution in [-0.2, 0) is 4.79 Å². The molecule has 1 amide bonds. The predicted molar refractivity (Wildman–Crippen MR) is 69.7 cm³/mol. The lowest BCUT2D eigenvalue weighted by atomic mass is 10.0. The van der Waals surface area contributed by atoms with Crippen molar-refractivity contribution >= 4 is 11.7 Å². The van der Waals surface area contributed by atoms with Crippen LogP contribution in [-0.4, -0.2) is 17.4 Å². The van der Waals surface area contributed by atoms with E-state index in [4.69, 9.17) is 5.73 Å². The van der Waals surface area contributed by atoms with Gasteiger partial charge in [0.05, 0.1) is 0 Å². The van der Waals surface area contributed by atoms with Gasteiger partial charge in [-0.05, 0) is 43.9 Å². The number of aromatic nitrogens is 1. The Labute approximate surface area is 103 Å². The molecule has 1 aromatic rings. The third-order valence-electron chi connectivity index (χ3n) is 2.79. The molecule has 1 atom stereocenters. The zero-order valence-corrected chi connectivity index (χ0v) is 10.6. The highest BCUT2D eigenvalue weighted by Crippen LogP contribution is 2.12. The maximum absolute atomic E-state index is 11.7. The summed E-state index contributed by atoms with van der Waals surface area (Å²) in [6.45, 7) is 4.73. The molecule has 4 nitrogen and oxygen atoms in total. The number of aryl methyl sites for hydroxylation is 1. The Kier molecular flexibility index (Phi) is 5.63. The number of nitrogens with one attached hydrogen (secondary N) is 1. The number of rotatable bonds is 6. The monoisotopic (exact) mass is 235 g/mol. The molecular weight excluding hydrogens is 214 g/mol. The standard InChI is InChI=1S/C13H21N3O/c1-10(7-8-14)5-6-12(17)16-13-11(2)4-3-9-15-13/h3-4,9-10H,5-8,14H2,1-2H3,(H,15,16,17). The van der Waals surface area contributed by atoms with Crippen molar-refractivity contribution in [2.24, 2.45) is 11.7 Å². The van der Waals surface area contributed by atoms with E-state index in [1.54, 1.807) is 6.20 Å². The fourth-order valence-electron chi connectivity index (χ4n) is 1.62. The second-order valence-corrected chi connectivity index (χ2v) is 4.44. The maximum Gasteiger partial charge on any atom is 0.225 e. The number of nitrogens with two attached hydrogens (primary N) is 1. The van der Waals surface area contributed by atoms with Gasteiger partial charge in [0.2, 0.25) is 5.91 Å². The van der Waals surface area contributed by atoms with Gasteiger partial charge in [0.1, 0.15) is 5.82 Å². The summed E-state index contributed by atoms with van der Waals surface area (Å²) >= 11 is 0. The highest BCUT2D eigenvalue weighted by molar-refractivity contribution is 5.90. The highest BCUT2D eigenvalue weighted by Gasteiger charge is 2.08. The van der Waals surface area contributed by atoms with Crippen LogP contribution in [0.2, 0.25) is 0 Å². The van der Waals surface area contributed by atoms with Crippen LogP contribution in [0.3, 0.4) is 0 Å². The van der Waals surface area contributed by atoms with E-state index in [0.29, 0.717) is 24.7 Å². The molecule has 1 rings (SSSR count). The molecule has 3 N–H and O–H groups in total. The summed E-state index contributed by atoms with van der Waals surface area (Å²) in [5.41, 5.74) is 6.45. The van der Waals surface area contributed by atoms with Gasteiger partial charge in [-0.15, -0.1) is 0 Å². The SMILES string of the molecule is Cc1cccnc1NC(=O)CCC(C)CCN. The van der Waals surface area contributed by atoms with Crippen LogP contribution in [0.25, 0.3) is 0 Å². The van der Waals surface area contributed by atoms with Crippen molar-refractivity contribution in [2.45, 2.75) is 33.1 Å². The maximum atomic E-state index is 11.7. The van der Waals surface area contributed by atoms with Crippen LogP contribution < -0.4 is 11.1 Å². The molecule has 94 valence electrons. The van der Waals surface area contributed by atoms with Crippen molar-refractivity contribution in [3.63, 3.8) is 0 Å². The molecule has 0 aliphatic heterocycles. The van der Waals surface area contributed by atoms with Crippen LogP contribution in [0.1, 0.15) is 31.7 Å². The first-order chi connectivity index (χ1) is 8.13. The van der Waals surface area contributed by atoms with E-state index in [0.717, 1.165) is 18.4 Å². The van der Waals surface area contributed by atoms with Gasteiger partial charge < -0.3 is 11.1 Å². The number of pyridine rings is 1. The molecule has 0 aromatic carbocycles. The predicted octanol–water partition coefficient (Wildman–Crippen LogP) is 2.09. The Balaban J connectivity index is 2.37. The zero-order chi connectivity index (χ0) is 12.7. The van der Waals surface area contributed by atoms with E-state index in [1.165, 1.54) is 0 Å². The molecule has 0 aliphatic carbocycles. The van der Waals surface area contributed by atoms with Crippen LogP contribution in [0.15, 0.2) is 18.3 Å². The van der Waals surface area contributed by atoms with Crippen LogP contribution in [0, 0.1) is 12.8 Å². The smallest absolute Gasteiger partial charge is 0.225 e. The Bertz CT molecular complexity index is 365. The Morgan fingerprint density at radius 3 is 2.94 bits per heavy atom. The van der Waals surface area contributed by atoms with E-state index in [-0.39, 0.29) is 5.91 Å². The van der Waals surface area contributed by atoms with Gasteiger partial charge in [-0.1, -0.05) is 13.0 Å². The average molecular weight is 235 g/mol. The van der Waals surface area contributed by atoms with Gasteiger partial charge in [0, 0.05) is 12.6 Å². The summed E-state index contributed by atoms with van der Waals surface area (Å²) in [6.07, 6.45) is 4.04. The van der Waals surface area contributed by atoms with E-state index in [1.807, 2.05) is 19.1 Å². The molecule has 1 heterocycles. The molecule has 17 heavy (non-hydrogen) atoms. The molecule has 0 radical (unpaired) electrons.